The number of carbonyl (C=O) groups is 1. The Morgan fingerprint density at radius 1 is 1.00 bits per heavy atom. The van der Waals surface area contributed by atoms with Gasteiger partial charge in [0.25, 0.3) is 0 Å². The van der Waals surface area contributed by atoms with Crippen LogP contribution < -0.4 is 9.47 Å². The molecule has 2 unspecified atom stereocenters. The Labute approximate surface area is 184 Å². The Hall–Kier alpha value is -2.74. The molecule has 0 spiro atoms. The zero-order valence-corrected chi connectivity index (χ0v) is 18.2. The molecule has 0 radical (unpaired) electrons. The summed E-state index contributed by atoms with van der Waals surface area (Å²) < 4.78 is 28.2. The Morgan fingerprint density at radius 2 is 1.74 bits per heavy atom. The highest BCUT2D eigenvalue weighted by molar-refractivity contribution is 7.91. The molecule has 0 aliphatic rings. The van der Waals surface area contributed by atoms with Crippen LogP contribution in [0.15, 0.2) is 66.7 Å². The number of benzene rings is 3. The molecule has 3 rings (SSSR count). The first-order valence-corrected chi connectivity index (χ1v) is 11.5. The smallest absolute Gasteiger partial charge is 0.343 e. The number of aliphatic hydroxyl groups is 1. The van der Waals surface area contributed by atoms with Gasteiger partial charge in [0.2, 0.25) is 0 Å². The maximum absolute atomic E-state index is 12.5. The van der Waals surface area contributed by atoms with Gasteiger partial charge in [-0.3, -0.25) is 0 Å². The molecule has 7 heteroatoms. The monoisotopic (exact) mass is 442 g/mol. The van der Waals surface area contributed by atoms with E-state index in [0.717, 1.165) is 16.3 Å². The number of hydrogen-bond donors (Lipinski definition) is 1. The molecule has 0 amide bonds. The molecule has 164 valence electrons. The van der Waals surface area contributed by atoms with Crippen LogP contribution in [-0.4, -0.2) is 53.6 Å². The van der Waals surface area contributed by atoms with E-state index >= 15 is 0 Å². The van der Waals surface area contributed by atoms with Gasteiger partial charge in [0.15, 0.2) is 6.61 Å². The van der Waals surface area contributed by atoms with E-state index in [1.54, 1.807) is 6.07 Å². The highest BCUT2D eigenvalue weighted by Gasteiger charge is 2.16. The molecule has 6 nitrogen and oxygen atoms in total. The number of ether oxygens (including phenoxy) is 3. The summed E-state index contributed by atoms with van der Waals surface area (Å²) >= 11 is -1.19. The molecule has 0 aliphatic carbocycles. The van der Waals surface area contributed by atoms with Crippen LogP contribution in [0.2, 0.25) is 0 Å². The average molecular weight is 443 g/mol. The zero-order valence-electron chi connectivity index (χ0n) is 17.4. The van der Waals surface area contributed by atoms with Crippen LogP contribution in [0, 0.1) is 0 Å². The Morgan fingerprint density at radius 3 is 2.52 bits per heavy atom. The summed E-state index contributed by atoms with van der Waals surface area (Å²) in [6.45, 7) is -0.0578. The lowest BCUT2D eigenvalue weighted by atomic mass is 10.0. The predicted octanol–water partition coefficient (Wildman–Crippen LogP) is 3.12. The maximum Gasteiger partial charge on any atom is 0.343 e. The number of methoxy groups -OCH3 is 1. The number of rotatable bonds is 11. The first-order valence-electron chi connectivity index (χ1n) is 9.98. The summed E-state index contributed by atoms with van der Waals surface area (Å²) in [6, 6.07) is 20.7. The van der Waals surface area contributed by atoms with E-state index in [0.29, 0.717) is 23.7 Å². The Kier molecular flexibility index (Phi) is 8.58. The van der Waals surface area contributed by atoms with Crippen molar-refractivity contribution >= 4 is 27.9 Å². The van der Waals surface area contributed by atoms with Crippen molar-refractivity contribution in [2.24, 2.45) is 0 Å². The summed E-state index contributed by atoms with van der Waals surface area (Å²) in [7, 11) is 1.32. The highest BCUT2D eigenvalue weighted by atomic mass is 32.2. The van der Waals surface area contributed by atoms with Gasteiger partial charge >= 0.3 is 5.97 Å². The second-order valence-electron chi connectivity index (χ2n) is 6.97. The summed E-state index contributed by atoms with van der Waals surface area (Å²) in [5.74, 6) is 1.41. The van der Waals surface area contributed by atoms with Gasteiger partial charge in [-0.05, 0) is 29.1 Å². The highest BCUT2D eigenvalue weighted by Crippen LogP contribution is 2.28. The lowest BCUT2D eigenvalue weighted by molar-refractivity contribution is -0.142. The molecule has 3 aromatic rings. The lowest BCUT2D eigenvalue weighted by Crippen LogP contribution is -2.29. The largest absolute Gasteiger partial charge is 0.616 e. The molecule has 2 atom stereocenters. The van der Waals surface area contributed by atoms with Gasteiger partial charge in [-0.1, -0.05) is 59.7 Å². The third-order valence-electron chi connectivity index (χ3n) is 4.71. The molecule has 0 heterocycles. The number of fused-ring (bicyclic) bond motifs is 1. The molecule has 0 saturated carbocycles. The standard InChI is InChI=1S/C24H26O6S/c1-28-24(26)16-30-23-12-6-10-21-18(7-5-11-22(21)23)13-14-31(27)17-19(25)15-29-20-8-3-2-4-9-20/h2-12,19,25H,13-17H2,1H3. The van der Waals surface area contributed by atoms with Crippen molar-refractivity contribution < 1.29 is 28.7 Å². The molecule has 0 saturated heterocycles. The van der Waals surface area contributed by atoms with E-state index in [1.165, 1.54) is 7.11 Å². The first-order chi connectivity index (χ1) is 15.1. The van der Waals surface area contributed by atoms with Gasteiger partial charge in [-0.15, -0.1) is 0 Å². The van der Waals surface area contributed by atoms with Crippen molar-refractivity contribution in [3.8, 4) is 11.5 Å². The molecular formula is C24H26O6S. The lowest BCUT2D eigenvalue weighted by Gasteiger charge is -2.17. The topological polar surface area (TPSA) is 88.1 Å². The summed E-state index contributed by atoms with van der Waals surface area (Å²) in [6.07, 6.45) is -0.205. The van der Waals surface area contributed by atoms with Crippen LogP contribution in [0.1, 0.15) is 5.56 Å². The fourth-order valence-corrected chi connectivity index (χ4v) is 4.30. The van der Waals surface area contributed by atoms with Gasteiger partial charge in [0, 0.05) is 11.8 Å². The van der Waals surface area contributed by atoms with Crippen LogP contribution in [0.3, 0.4) is 0 Å². The maximum atomic E-state index is 12.5. The zero-order chi connectivity index (χ0) is 22.1. The van der Waals surface area contributed by atoms with Gasteiger partial charge in [0.05, 0.1) is 7.11 Å². The van der Waals surface area contributed by atoms with Crippen molar-refractivity contribution in [3.05, 3.63) is 72.3 Å². The second-order valence-corrected chi connectivity index (χ2v) is 8.59. The van der Waals surface area contributed by atoms with Crippen molar-refractivity contribution in [2.45, 2.75) is 12.5 Å². The van der Waals surface area contributed by atoms with Gasteiger partial charge in [0.1, 0.15) is 35.7 Å². The van der Waals surface area contributed by atoms with Crippen molar-refractivity contribution in [1.29, 1.82) is 0 Å². The van der Waals surface area contributed by atoms with Gasteiger partial charge < -0.3 is 23.9 Å². The van der Waals surface area contributed by atoms with Crippen molar-refractivity contribution in [1.82, 2.24) is 0 Å². The fourth-order valence-electron chi connectivity index (χ4n) is 3.16. The van der Waals surface area contributed by atoms with Crippen LogP contribution >= 0.6 is 0 Å². The number of para-hydroxylation sites is 1. The van der Waals surface area contributed by atoms with Crippen LogP contribution in [-0.2, 0) is 27.1 Å². The molecule has 0 aromatic heterocycles. The third-order valence-corrected chi connectivity index (χ3v) is 6.12. The van der Waals surface area contributed by atoms with E-state index in [9.17, 15) is 14.5 Å². The second kappa shape index (κ2) is 11.6. The molecule has 3 aromatic carbocycles. The predicted molar refractivity (Wildman–Crippen MR) is 121 cm³/mol. The minimum atomic E-state index is -1.19. The molecule has 0 aliphatic heterocycles. The molecule has 0 fully saturated rings. The minimum Gasteiger partial charge on any atom is -0.616 e. The Bertz CT molecular complexity index is 978. The quantitative estimate of drug-likeness (QED) is 0.363. The minimum absolute atomic E-state index is 0.102. The molecule has 31 heavy (non-hydrogen) atoms. The first kappa shape index (κ1) is 22.9. The van der Waals surface area contributed by atoms with E-state index in [2.05, 4.69) is 4.74 Å². The number of aryl methyl sites for hydroxylation is 1. The van der Waals surface area contributed by atoms with E-state index < -0.39 is 23.2 Å². The Balaban J connectivity index is 1.55. The normalized spacial score (nSPS) is 12.9. The number of aliphatic hydroxyl groups excluding tert-OH is 1. The third kappa shape index (κ3) is 6.89. The van der Waals surface area contributed by atoms with Crippen LogP contribution in [0.4, 0.5) is 0 Å². The van der Waals surface area contributed by atoms with Crippen molar-refractivity contribution in [3.63, 3.8) is 0 Å². The van der Waals surface area contributed by atoms with Crippen LogP contribution in [0.25, 0.3) is 10.8 Å². The summed E-state index contributed by atoms with van der Waals surface area (Å²) in [4.78, 5) is 11.4. The summed E-state index contributed by atoms with van der Waals surface area (Å²) in [5.41, 5.74) is 1.03. The van der Waals surface area contributed by atoms with E-state index in [1.807, 2.05) is 60.7 Å². The van der Waals surface area contributed by atoms with E-state index in [-0.39, 0.29) is 19.0 Å². The summed E-state index contributed by atoms with van der Waals surface area (Å²) in [5, 5.41) is 12.0. The SMILES string of the molecule is COC(=O)COc1cccc2c(CC[S+]([O-])CC(O)COc3ccccc3)cccc12. The molecular weight excluding hydrogens is 416 g/mol. The number of esters is 1. The van der Waals surface area contributed by atoms with Crippen molar-refractivity contribution in [2.75, 3.05) is 31.8 Å². The van der Waals surface area contributed by atoms with Crippen LogP contribution in [0.5, 0.6) is 11.5 Å². The van der Waals surface area contributed by atoms with Gasteiger partial charge in [-0.2, -0.15) is 0 Å². The number of carbonyl (C=O) groups excluding carboxylic acids is 1. The molecule has 0 bridgehead atoms. The fraction of sp³-hybridized carbons (Fsp3) is 0.292. The number of hydrogen-bond acceptors (Lipinski definition) is 6. The average Bonchev–Trinajstić information content (AvgIpc) is 2.80. The van der Waals surface area contributed by atoms with E-state index in [4.69, 9.17) is 9.47 Å². The molecule has 1 N–H and O–H groups in total. The van der Waals surface area contributed by atoms with Gasteiger partial charge in [-0.25, -0.2) is 4.79 Å².